The molecule has 0 amide bonds. The van der Waals surface area contributed by atoms with Gasteiger partial charge in [0.15, 0.2) is 5.82 Å². The number of nitrogens with zero attached hydrogens (tertiary/aromatic N) is 4. The Labute approximate surface area is 99.8 Å². The molecule has 0 saturated heterocycles. The summed E-state index contributed by atoms with van der Waals surface area (Å²) < 4.78 is 15.4. The van der Waals surface area contributed by atoms with Crippen molar-refractivity contribution in [2.24, 2.45) is 0 Å². The van der Waals surface area contributed by atoms with Crippen molar-refractivity contribution in [2.75, 3.05) is 7.05 Å². The lowest BCUT2D eigenvalue weighted by atomic mass is 10.3. The zero-order chi connectivity index (χ0) is 11.5. The average molecular weight is 286 g/mol. The Morgan fingerprint density at radius 3 is 3.06 bits per heavy atom. The summed E-state index contributed by atoms with van der Waals surface area (Å²) in [6.07, 6.45) is 0. The van der Waals surface area contributed by atoms with Crippen LogP contribution in [0.2, 0.25) is 0 Å². The van der Waals surface area contributed by atoms with Gasteiger partial charge < -0.3 is 5.32 Å². The molecule has 0 spiro atoms. The Bertz CT molecular complexity index is 498. The number of hydrogen-bond donors (Lipinski definition) is 1. The molecule has 5 nitrogen and oxygen atoms in total. The van der Waals surface area contributed by atoms with E-state index in [4.69, 9.17) is 0 Å². The van der Waals surface area contributed by atoms with E-state index in [1.807, 2.05) is 0 Å². The fourth-order valence-electron chi connectivity index (χ4n) is 1.31. The molecule has 0 aliphatic heterocycles. The van der Waals surface area contributed by atoms with Gasteiger partial charge in [-0.3, -0.25) is 0 Å². The van der Waals surface area contributed by atoms with Crippen molar-refractivity contribution in [3.05, 3.63) is 34.3 Å². The zero-order valence-corrected chi connectivity index (χ0v) is 10.1. The van der Waals surface area contributed by atoms with Crippen molar-refractivity contribution >= 4 is 15.9 Å². The lowest BCUT2D eigenvalue weighted by molar-refractivity contribution is 0.622. The third-order valence-corrected chi connectivity index (χ3v) is 2.68. The van der Waals surface area contributed by atoms with Gasteiger partial charge in [0.05, 0.1) is 12.2 Å². The summed E-state index contributed by atoms with van der Waals surface area (Å²) in [5, 5.41) is 14.2. The van der Waals surface area contributed by atoms with E-state index in [1.54, 1.807) is 13.1 Å². The molecular formula is C9H9BrFN5. The lowest BCUT2D eigenvalue weighted by Gasteiger charge is -2.06. The van der Waals surface area contributed by atoms with E-state index in [0.29, 0.717) is 18.1 Å². The number of aromatic nitrogens is 4. The number of tetrazole rings is 1. The monoisotopic (exact) mass is 285 g/mol. The molecule has 2 rings (SSSR count). The predicted molar refractivity (Wildman–Crippen MR) is 59.6 cm³/mol. The van der Waals surface area contributed by atoms with E-state index in [2.05, 4.69) is 36.8 Å². The lowest BCUT2D eigenvalue weighted by Crippen LogP contribution is -2.12. The zero-order valence-electron chi connectivity index (χ0n) is 8.48. The molecule has 0 aliphatic rings. The van der Waals surface area contributed by atoms with Crippen LogP contribution in [0.5, 0.6) is 0 Å². The average Bonchev–Trinajstić information content (AvgIpc) is 2.70. The van der Waals surface area contributed by atoms with E-state index in [9.17, 15) is 4.39 Å². The van der Waals surface area contributed by atoms with Gasteiger partial charge >= 0.3 is 0 Å². The first-order chi connectivity index (χ1) is 7.72. The van der Waals surface area contributed by atoms with Gasteiger partial charge in [-0.05, 0) is 45.5 Å². The highest BCUT2D eigenvalue weighted by Crippen LogP contribution is 2.21. The van der Waals surface area contributed by atoms with E-state index in [1.165, 1.54) is 16.8 Å². The molecule has 1 heterocycles. The molecule has 2 aromatic rings. The third-order valence-electron chi connectivity index (χ3n) is 2.01. The second kappa shape index (κ2) is 4.67. The number of hydrogen-bond acceptors (Lipinski definition) is 4. The van der Waals surface area contributed by atoms with Gasteiger partial charge in [-0.25, -0.2) is 4.39 Å². The number of rotatable bonds is 3. The van der Waals surface area contributed by atoms with Gasteiger partial charge in [-0.15, -0.1) is 5.10 Å². The van der Waals surface area contributed by atoms with Gasteiger partial charge in [-0.1, -0.05) is 0 Å². The standard InChI is InChI=1S/C9H9BrFN5/c1-12-5-9-13-14-15-16(9)8-4-6(11)2-3-7(8)10/h2-4,12H,5H2,1H3. The van der Waals surface area contributed by atoms with Crippen LogP contribution >= 0.6 is 15.9 Å². The first-order valence-corrected chi connectivity index (χ1v) is 5.39. The molecule has 1 aromatic heterocycles. The summed E-state index contributed by atoms with van der Waals surface area (Å²) in [5.74, 6) is 0.290. The molecular weight excluding hydrogens is 277 g/mol. The van der Waals surface area contributed by atoms with Crippen LogP contribution in [0.1, 0.15) is 5.82 Å². The molecule has 16 heavy (non-hydrogen) atoms. The number of benzene rings is 1. The predicted octanol–water partition coefficient (Wildman–Crippen LogP) is 1.28. The van der Waals surface area contributed by atoms with Crippen molar-refractivity contribution in [3.8, 4) is 5.69 Å². The van der Waals surface area contributed by atoms with Crippen LogP contribution in [0.3, 0.4) is 0 Å². The van der Waals surface area contributed by atoms with E-state index < -0.39 is 0 Å². The van der Waals surface area contributed by atoms with Crippen LogP contribution in [0.4, 0.5) is 4.39 Å². The minimum absolute atomic E-state index is 0.330. The second-order valence-corrected chi connectivity index (χ2v) is 3.99. The van der Waals surface area contributed by atoms with Gasteiger partial charge in [0.1, 0.15) is 5.82 Å². The number of halogens is 2. The fourth-order valence-corrected chi connectivity index (χ4v) is 1.72. The SMILES string of the molecule is CNCc1nnnn1-c1cc(F)ccc1Br. The molecule has 84 valence electrons. The Morgan fingerprint density at radius 1 is 1.50 bits per heavy atom. The minimum atomic E-state index is -0.330. The molecule has 0 radical (unpaired) electrons. The van der Waals surface area contributed by atoms with Crippen molar-refractivity contribution in [3.63, 3.8) is 0 Å². The van der Waals surface area contributed by atoms with E-state index in [0.717, 1.165) is 4.47 Å². The summed E-state index contributed by atoms with van der Waals surface area (Å²) in [6.45, 7) is 0.510. The maximum atomic E-state index is 13.1. The maximum absolute atomic E-state index is 13.1. The van der Waals surface area contributed by atoms with Crippen molar-refractivity contribution in [1.29, 1.82) is 0 Å². The highest BCUT2D eigenvalue weighted by molar-refractivity contribution is 9.10. The molecule has 0 atom stereocenters. The van der Waals surface area contributed by atoms with Crippen molar-refractivity contribution in [1.82, 2.24) is 25.5 Å². The normalized spacial score (nSPS) is 10.7. The largest absolute Gasteiger partial charge is 0.313 e. The molecule has 0 bridgehead atoms. The molecule has 0 aliphatic carbocycles. The molecule has 1 aromatic carbocycles. The Kier molecular flexibility index (Phi) is 3.25. The molecule has 7 heteroatoms. The van der Waals surface area contributed by atoms with Gasteiger partial charge in [0.2, 0.25) is 0 Å². The minimum Gasteiger partial charge on any atom is -0.313 e. The Morgan fingerprint density at radius 2 is 2.31 bits per heavy atom. The van der Waals surface area contributed by atoms with Gasteiger partial charge in [0, 0.05) is 10.5 Å². The van der Waals surface area contributed by atoms with Gasteiger partial charge in [-0.2, -0.15) is 4.68 Å². The summed E-state index contributed by atoms with van der Waals surface area (Å²) in [7, 11) is 1.79. The van der Waals surface area contributed by atoms with E-state index in [-0.39, 0.29) is 5.82 Å². The van der Waals surface area contributed by atoms with Crippen molar-refractivity contribution < 1.29 is 4.39 Å². The highest BCUT2D eigenvalue weighted by Gasteiger charge is 2.11. The van der Waals surface area contributed by atoms with Crippen LogP contribution in [-0.2, 0) is 6.54 Å². The first kappa shape index (κ1) is 11.2. The fraction of sp³-hybridized carbons (Fsp3) is 0.222. The molecule has 0 fully saturated rings. The third kappa shape index (κ3) is 2.10. The maximum Gasteiger partial charge on any atom is 0.170 e. The number of nitrogens with one attached hydrogen (secondary N) is 1. The van der Waals surface area contributed by atoms with Crippen LogP contribution in [0, 0.1) is 5.82 Å². The summed E-state index contributed by atoms with van der Waals surface area (Å²) in [5.41, 5.74) is 0.579. The first-order valence-electron chi connectivity index (χ1n) is 4.59. The van der Waals surface area contributed by atoms with Gasteiger partial charge in [0.25, 0.3) is 0 Å². The van der Waals surface area contributed by atoms with E-state index >= 15 is 0 Å². The second-order valence-electron chi connectivity index (χ2n) is 3.13. The van der Waals surface area contributed by atoms with Crippen LogP contribution in [0.25, 0.3) is 5.69 Å². The van der Waals surface area contributed by atoms with Crippen LogP contribution in [0.15, 0.2) is 22.7 Å². The summed E-state index contributed by atoms with van der Waals surface area (Å²) in [4.78, 5) is 0. The van der Waals surface area contributed by atoms with Crippen molar-refractivity contribution in [2.45, 2.75) is 6.54 Å². The van der Waals surface area contributed by atoms with Crippen LogP contribution in [-0.4, -0.2) is 27.3 Å². The smallest absolute Gasteiger partial charge is 0.170 e. The topological polar surface area (TPSA) is 55.6 Å². The highest BCUT2D eigenvalue weighted by atomic mass is 79.9. The Balaban J connectivity index is 2.49. The molecule has 0 unspecified atom stereocenters. The summed E-state index contributed by atoms with van der Waals surface area (Å²) >= 11 is 3.33. The Hall–Kier alpha value is -1.34. The van der Waals surface area contributed by atoms with Crippen LogP contribution < -0.4 is 5.32 Å². The molecule has 1 N–H and O–H groups in total. The quantitative estimate of drug-likeness (QED) is 0.923. The molecule has 0 saturated carbocycles. The summed E-state index contributed by atoms with van der Waals surface area (Å²) in [6, 6.07) is 4.37.